The summed E-state index contributed by atoms with van der Waals surface area (Å²) in [6, 6.07) is 1.66. The maximum atomic E-state index is 5.39. The SMILES string of the molecule is Nc1cc2ocncc-2n1. The second-order valence-corrected chi connectivity index (χ2v) is 1.93. The van der Waals surface area contributed by atoms with E-state index < -0.39 is 0 Å². The van der Waals surface area contributed by atoms with Gasteiger partial charge in [0.2, 0.25) is 0 Å². The fraction of sp³-hybridized carbons (Fsp3) is 0. The average Bonchev–Trinajstić information content (AvgIpc) is 2.27. The normalized spacial score (nSPS) is 10.4. The molecular weight excluding hydrogens is 130 g/mol. The van der Waals surface area contributed by atoms with E-state index >= 15 is 0 Å². The highest BCUT2D eigenvalue weighted by molar-refractivity contribution is 5.59. The summed E-state index contributed by atoms with van der Waals surface area (Å²) in [6.07, 6.45) is 2.96. The van der Waals surface area contributed by atoms with Gasteiger partial charge in [0.05, 0.1) is 6.20 Å². The van der Waals surface area contributed by atoms with Crippen LogP contribution in [0.5, 0.6) is 0 Å². The minimum absolute atomic E-state index is 0.465. The third kappa shape index (κ3) is 0.621. The Hall–Kier alpha value is -1.58. The summed E-state index contributed by atoms with van der Waals surface area (Å²) in [5, 5.41) is 0. The van der Waals surface area contributed by atoms with Gasteiger partial charge in [0.25, 0.3) is 0 Å². The maximum absolute atomic E-state index is 5.39. The van der Waals surface area contributed by atoms with Crippen LogP contribution in [0, 0.1) is 0 Å². The summed E-state index contributed by atoms with van der Waals surface area (Å²) in [5.41, 5.74) is 6.09. The molecule has 0 amide bonds. The Morgan fingerprint density at radius 2 is 2.40 bits per heavy atom. The predicted octanol–water partition coefficient (Wildman–Crippen LogP) is 0.757. The summed E-state index contributed by atoms with van der Waals surface area (Å²) in [6.45, 7) is 0. The van der Waals surface area contributed by atoms with Crippen LogP contribution in [0.2, 0.25) is 0 Å². The second-order valence-electron chi connectivity index (χ2n) is 1.93. The maximum Gasteiger partial charge on any atom is 0.181 e. The molecule has 2 N–H and O–H groups in total. The quantitative estimate of drug-likeness (QED) is 0.579. The van der Waals surface area contributed by atoms with Crippen LogP contribution in [0.3, 0.4) is 0 Å². The monoisotopic (exact) mass is 135 g/mol. The summed E-state index contributed by atoms with van der Waals surface area (Å²) in [7, 11) is 0. The molecule has 2 aliphatic rings. The standard InChI is InChI=1S/C6H5N3O/c7-6-1-5-4(9-6)2-8-3-10-5/h1-3H,(H2,7,9). The van der Waals surface area contributed by atoms with Gasteiger partial charge in [-0.2, -0.15) is 0 Å². The lowest BCUT2D eigenvalue weighted by Gasteiger charge is -1.89. The van der Waals surface area contributed by atoms with Crippen molar-refractivity contribution in [1.29, 1.82) is 0 Å². The average molecular weight is 135 g/mol. The van der Waals surface area contributed by atoms with Crippen LogP contribution in [0.25, 0.3) is 11.5 Å². The molecule has 4 nitrogen and oxygen atoms in total. The van der Waals surface area contributed by atoms with E-state index in [1.165, 1.54) is 6.39 Å². The lowest BCUT2D eigenvalue weighted by atomic mass is 10.4. The molecule has 0 saturated heterocycles. The number of nitrogens with zero attached hydrogens (tertiary/aromatic N) is 2. The minimum atomic E-state index is 0.465. The summed E-state index contributed by atoms with van der Waals surface area (Å²) < 4.78 is 4.98. The fourth-order valence-corrected chi connectivity index (χ4v) is 0.810. The Bertz CT molecular complexity index is 287. The number of nitrogen functional groups attached to an aromatic ring is 1. The van der Waals surface area contributed by atoms with E-state index in [1.807, 2.05) is 0 Å². The van der Waals surface area contributed by atoms with Gasteiger partial charge in [-0.3, -0.25) is 0 Å². The Balaban J connectivity index is 2.76. The molecule has 2 rings (SSSR count). The van der Waals surface area contributed by atoms with Crippen molar-refractivity contribution >= 4 is 5.82 Å². The Labute approximate surface area is 57.0 Å². The van der Waals surface area contributed by atoms with Crippen molar-refractivity contribution in [3.8, 4) is 11.5 Å². The van der Waals surface area contributed by atoms with Crippen molar-refractivity contribution in [2.24, 2.45) is 0 Å². The van der Waals surface area contributed by atoms with Crippen molar-refractivity contribution in [2.75, 3.05) is 5.73 Å². The van der Waals surface area contributed by atoms with E-state index in [0.29, 0.717) is 17.3 Å². The summed E-state index contributed by atoms with van der Waals surface area (Å²) in [4.78, 5) is 7.68. The molecule has 0 aromatic rings. The molecule has 0 bridgehead atoms. The molecule has 0 atom stereocenters. The first kappa shape index (κ1) is 5.22. The molecule has 0 aromatic heterocycles. The van der Waals surface area contributed by atoms with Gasteiger partial charge in [-0.25, -0.2) is 9.97 Å². The second kappa shape index (κ2) is 1.70. The number of rotatable bonds is 0. The highest BCUT2D eigenvalue weighted by Gasteiger charge is 2.06. The van der Waals surface area contributed by atoms with Crippen LogP contribution < -0.4 is 5.73 Å². The lowest BCUT2D eigenvalue weighted by Crippen LogP contribution is -1.81. The van der Waals surface area contributed by atoms with Crippen LogP contribution in [0.1, 0.15) is 0 Å². The molecule has 0 aromatic carbocycles. The van der Waals surface area contributed by atoms with Crippen molar-refractivity contribution in [2.45, 2.75) is 0 Å². The molecule has 10 heavy (non-hydrogen) atoms. The first-order valence-corrected chi connectivity index (χ1v) is 2.81. The topological polar surface area (TPSA) is 64.9 Å². The van der Waals surface area contributed by atoms with E-state index in [1.54, 1.807) is 12.3 Å². The molecule has 2 aliphatic heterocycles. The molecule has 4 heteroatoms. The predicted molar refractivity (Wildman–Crippen MR) is 35.3 cm³/mol. The van der Waals surface area contributed by atoms with Crippen LogP contribution in [0.4, 0.5) is 5.82 Å². The van der Waals surface area contributed by atoms with Crippen LogP contribution in [-0.4, -0.2) is 9.97 Å². The van der Waals surface area contributed by atoms with Crippen LogP contribution in [0.15, 0.2) is 23.1 Å². The molecule has 2 heterocycles. The third-order valence-corrected chi connectivity index (χ3v) is 1.22. The van der Waals surface area contributed by atoms with E-state index in [9.17, 15) is 0 Å². The first-order chi connectivity index (χ1) is 4.86. The number of anilines is 1. The van der Waals surface area contributed by atoms with Gasteiger partial charge in [-0.15, -0.1) is 0 Å². The van der Waals surface area contributed by atoms with Gasteiger partial charge < -0.3 is 10.2 Å². The number of aromatic nitrogens is 2. The van der Waals surface area contributed by atoms with Gasteiger partial charge in [0, 0.05) is 6.07 Å². The van der Waals surface area contributed by atoms with Gasteiger partial charge >= 0.3 is 0 Å². The minimum Gasteiger partial charge on any atom is -0.443 e. The fourth-order valence-electron chi connectivity index (χ4n) is 0.810. The van der Waals surface area contributed by atoms with E-state index in [0.717, 1.165) is 0 Å². The Morgan fingerprint density at radius 1 is 1.50 bits per heavy atom. The zero-order valence-corrected chi connectivity index (χ0v) is 5.11. The van der Waals surface area contributed by atoms with Crippen molar-refractivity contribution < 1.29 is 4.42 Å². The van der Waals surface area contributed by atoms with E-state index in [-0.39, 0.29) is 0 Å². The molecular formula is C6H5N3O. The lowest BCUT2D eigenvalue weighted by molar-refractivity contribution is 0.542. The number of nitrogens with two attached hydrogens (primary N) is 1. The van der Waals surface area contributed by atoms with Gasteiger partial charge in [0.1, 0.15) is 11.5 Å². The van der Waals surface area contributed by atoms with Crippen LogP contribution in [-0.2, 0) is 0 Å². The molecule has 0 radical (unpaired) electrons. The molecule has 0 aliphatic carbocycles. The Kier molecular flexibility index (Phi) is 0.887. The van der Waals surface area contributed by atoms with Gasteiger partial charge in [-0.05, 0) is 0 Å². The highest BCUT2D eigenvalue weighted by Crippen LogP contribution is 2.20. The van der Waals surface area contributed by atoms with Gasteiger partial charge in [0.15, 0.2) is 12.2 Å². The van der Waals surface area contributed by atoms with Crippen LogP contribution >= 0.6 is 0 Å². The molecule has 0 spiro atoms. The molecule has 0 fully saturated rings. The van der Waals surface area contributed by atoms with E-state index in [2.05, 4.69) is 9.97 Å². The van der Waals surface area contributed by atoms with Crippen molar-refractivity contribution in [3.05, 3.63) is 18.7 Å². The third-order valence-electron chi connectivity index (χ3n) is 1.22. The Morgan fingerprint density at radius 3 is 3.20 bits per heavy atom. The van der Waals surface area contributed by atoms with Gasteiger partial charge in [-0.1, -0.05) is 0 Å². The highest BCUT2D eigenvalue weighted by atomic mass is 16.3. The van der Waals surface area contributed by atoms with E-state index in [4.69, 9.17) is 10.2 Å². The molecule has 0 saturated carbocycles. The number of fused-ring (bicyclic) bond motifs is 1. The van der Waals surface area contributed by atoms with Crippen molar-refractivity contribution in [3.63, 3.8) is 0 Å². The largest absolute Gasteiger partial charge is 0.443 e. The summed E-state index contributed by atoms with van der Waals surface area (Å²) >= 11 is 0. The zero-order valence-electron chi connectivity index (χ0n) is 5.11. The van der Waals surface area contributed by atoms with Crippen molar-refractivity contribution in [1.82, 2.24) is 9.97 Å². The summed E-state index contributed by atoms with van der Waals surface area (Å²) in [5.74, 6) is 1.14. The smallest absolute Gasteiger partial charge is 0.181 e. The zero-order chi connectivity index (χ0) is 6.97. The molecule has 0 unspecified atom stereocenters. The number of hydrogen-bond donors (Lipinski definition) is 1. The number of hydrogen-bond acceptors (Lipinski definition) is 4. The first-order valence-electron chi connectivity index (χ1n) is 2.81. The molecule has 50 valence electrons.